The Bertz CT molecular complexity index is 540. The lowest BCUT2D eigenvalue weighted by molar-refractivity contribution is -0.133. The smallest absolute Gasteiger partial charge is 0.313 e. The number of carbonyl (C=O) groups is 1. The van der Waals surface area contributed by atoms with Crippen molar-refractivity contribution in [1.29, 1.82) is 0 Å². The van der Waals surface area contributed by atoms with Crippen LogP contribution in [0.15, 0.2) is 35.4 Å². The van der Waals surface area contributed by atoms with Crippen molar-refractivity contribution in [2.45, 2.75) is 11.8 Å². The fourth-order valence-corrected chi connectivity index (χ4v) is 2.32. The molecule has 16 heavy (non-hydrogen) atoms. The second-order valence-corrected chi connectivity index (χ2v) is 4.48. The third-order valence-corrected chi connectivity index (χ3v) is 3.34. The minimum atomic E-state index is -0.803. The largest absolute Gasteiger partial charge is 0.481 e. The summed E-state index contributed by atoms with van der Waals surface area (Å²) in [5, 5.41) is 9.69. The van der Waals surface area contributed by atoms with E-state index in [1.807, 2.05) is 31.2 Å². The molecule has 1 aromatic heterocycles. The van der Waals surface area contributed by atoms with Crippen LogP contribution in [0.3, 0.4) is 0 Å². The SMILES string of the molecule is Cc1cccc2c(SCC(=O)O)ccnc12. The van der Waals surface area contributed by atoms with E-state index < -0.39 is 5.97 Å². The predicted molar refractivity (Wildman–Crippen MR) is 64.8 cm³/mol. The van der Waals surface area contributed by atoms with Crippen LogP contribution in [-0.2, 0) is 4.79 Å². The highest BCUT2D eigenvalue weighted by Crippen LogP contribution is 2.27. The van der Waals surface area contributed by atoms with Gasteiger partial charge in [-0.25, -0.2) is 0 Å². The van der Waals surface area contributed by atoms with Crippen LogP contribution in [0.5, 0.6) is 0 Å². The van der Waals surface area contributed by atoms with Gasteiger partial charge in [-0.1, -0.05) is 18.2 Å². The van der Waals surface area contributed by atoms with Crippen LogP contribution in [0.25, 0.3) is 10.9 Å². The van der Waals surface area contributed by atoms with E-state index in [-0.39, 0.29) is 5.75 Å². The number of aryl methyl sites for hydroxylation is 1. The Kier molecular flexibility index (Phi) is 3.10. The number of pyridine rings is 1. The van der Waals surface area contributed by atoms with Crippen molar-refractivity contribution in [3.8, 4) is 0 Å². The van der Waals surface area contributed by atoms with Crippen LogP contribution >= 0.6 is 11.8 Å². The summed E-state index contributed by atoms with van der Waals surface area (Å²) in [5.74, 6) is -0.727. The molecule has 2 aromatic rings. The zero-order chi connectivity index (χ0) is 11.5. The predicted octanol–water partition coefficient (Wildman–Crippen LogP) is 2.72. The standard InChI is InChI=1S/C12H11NO2S/c1-8-3-2-4-9-10(16-7-11(14)15)5-6-13-12(8)9/h2-6H,7H2,1H3,(H,14,15). The molecule has 0 fully saturated rings. The van der Waals surface area contributed by atoms with Gasteiger partial charge in [-0.15, -0.1) is 11.8 Å². The van der Waals surface area contributed by atoms with Gasteiger partial charge in [0.1, 0.15) is 0 Å². The van der Waals surface area contributed by atoms with Gasteiger partial charge in [0, 0.05) is 16.5 Å². The zero-order valence-electron chi connectivity index (χ0n) is 8.80. The van der Waals surface area contributed by atoms with E-state index in [1.54, 1.807) is 6.20 Å². The Morgan fingerprint density at radius 3 is 3.00 bits per heavy atom. The van der Waals surface area contributed by atoms with Crippen molar-refractivity contribution in [2.75, 3.05) is 5.75 Å². The van der Waals surface area contributed by atoms with E-state index in [0.717, 1.165) is 21.4 Å². The number of carboxylic acid groups (broad SMARTS) is 1. The number of aromatic nitrogens is 1. The molecule has 0 bridgehead atoms. The second-order valence-electron chi connectivity index (χ2n) is 3.46. The molecular formula is C12H11NO2S. The van der Waals surface area contributed by atoms with Gasteiger partial charge >= 0.3 is 5.97 Å². The van der Waals surface area contributed by atoms with E-state index in [0.29, 0.717) is 0 Å². The Hall–Kier alpha value is -1.55. The van der Waals surface area contributed by atoms with Crippen molar-refractivity contribution < 1.29 is 9.90 Å². The van der Waals surface area contributed by atoms with Crippen molar-refractivity contribution in [3.63, 3.8) is 0 Å². The Morgan fingerprint density at radius 2 is 2.25 bits per heavy atom. The lowest BCUT2D eigenvalue weighted by Gasteiger charge is -2.05. The van der Waals surface area contributed by atoms with Crippen molar-refractivity contribution >= 4 is 28.6 Å². The molecule has 0 aliphatic heterocycles. The summed E-state index contributed by atoms with van der Waals surface area (Å²) in [6.07, 6.45) is 1.72. The topological polar surface area (TPSA) is 50.2 Å². The molecule has 0 aliphatic carbocycles. The monoisotopic (exact) mass is 233 g/mol. The summed E-state index contributed by atoms with van der Waals surface area (Å²) < 4.78 is 0. The number of carboxylic acids is 1. The van der Waals surface area contributed by atoms with E-state index >= 15 is 0 Å². The van der Waals surface area contributed by atoms with Gasteiger partial charge in [0.2, 0.25) is 0 Å². The molecule has 1 heterocycles. The maximum absolute atomic E-state index is 10.5. The summed E-state index contributed by atoms with van der Waals surface area (Å²) in [4.78, 5) is 15.8. The third-order valence-electron chi connectivity index (χ3n) is 2.28. The Labute approximate surface area is 97.5 Å². The summed E-state index contributed by atoms with van der Waals surface area (Å²) >= 11 is 1.33. The number of nitrogens with zero attached hydrogens (tertiary/aromatic N) is 1. The summed E-state index contributed by atoms with van der Waals surface area (Å²) in [6, 6.07) is 7.79. The molecule has 1 aromatic carbocycles. The molecule has 0 unspecified atom stereocenters. The number of fused-ring (bicyclic) bond motifs is 1. The molecule has 3 nitrogen and oxygen atoms in total. The molecule has 2 rings (SSSR count). The minimum absolute atomic E-state index is 0.0764. The van der Waals surface area contributed by atoms with Gasteiger partial charge in [-0.05, 0) is 18.6 Å². The quantitative estimate of drug-likeness (QED) is 0.828. The van der Waals surface area contributed by atoms with Crippen LogP contribution in [0.4, 0.5) is 0 Å². The van der Waals surface area contributed by atoms with Crippen LogP contribution in [0, 0.1) is 6.92 Å². The highest BCUT2D eigenvalue weighted by atomic mass is 32.2. The Morgan fingerprint density at radius 1 is 1.44 bits per heavy atom. The lowest BCUT2D eigenvalue weighted by atomic mass is 10.1. The van der Waals surface area contributed by atoms with E-state index in [2.05, 4.69) is 4.98 Å². The van der Waals surface area contributed by atoms with Crippen LogP contribution in [0.2, 0.25) is 0 Å². The first-order valence-electron chi connectivity index (χ1n) is 4.87. The molecule has 0 spiro atoms. The molecule has 1 N–H and O–H groups in total. The van der Waals surface area contributed by atoms with Gasteiger partial charge in [0.25, 0.3) is 0 Å². The molecule has 82 valence electrons. The molecule has 0 saturated carbocycles. The molecule has 0 saturated heterocycles. The molecule has 0 amide bonds. The number of hydrogen-bond donors (Lipinski definition) is 1. The number of hydrogen-bond acceptors (Lipinski definition) is 3. The number of benzene rings is 1. The number of rotatable bonds is 3. The maximum atomic E-state index is 10.5. The first kappa shape index (κ1) is 11.0. The zero-order valence-corrected chi connectivity index (χ0v) is 9.62. The van der Waals surface area contributed by atoms with E-state index in [4.69, 9.17) is 5.11 Å². The fraction of sp³-hybridized carbons (Fsp3) is 0.167. The second kappa shape index (κ2) is 4.53. The highest BCUT2D eigenvalue weighted by Gasteiger charge is 2.06. The van der Waals surface area contributed by atoms with Gasteiger partial charge in [-0.2, -0.15) is 0 Å². The van der Waals surface area contributed by atoms with Crippen molar-refractivity contribution in [1.82, 2.24) is 4.98 Å². The van der Waals surface area contributed by atoms with Gasteiger partial charge in [-0.3, -0.25) is 9.78 Å². The Balaban J connectivity index is 2.45. The molecule has 0 radical (unpaired) electrons. The summed E-state index contributed by atoms with van der Waals surface area (Å²) in [5.41, 5.74) is 2.05. The molecular weight excluding hydrogens is 222 g/mol. The molecule has 4 heteroatoms. The maximum Gasteiger partial charge on any atom is 0.313 e. The van der Waals surface area contributed by atoms with Crippen molar-refractivity contribution in [3.05, 3.63) is 36.0 Å². The molecule has 0 aliphatic rings. The first-order valence-corrected chi connectivity index (χ1v) is 5.86. The van der Waals surface area contributed by atoms with Gasteiger partial charge < -0.3 is 5.11 Å². The van der Waals surface area contributed by atoms with Gasteiger partial charge in [0.15, 0.2) is 0 Å². The average Bonchev–Trinajstić information content (AvgIpc) is 2.27. The number of aliphatic carboxylic acids is 1. The number of para-hydroxylation sites is 1. The van der Waals surface area contributed by atoms with E-state index in [9.17, 15) is 4.79 Å². The highest BCUT2D eigenvalue weighted by molar-refractivity contribution is 8.00. The minimum Gasteiger partial charge on any atom is -0.481 e. The average molecular weight is 233 g/mol. The normalized spacial score (nSPS) is 10.6. The summed E-state index contributed by atoms with van der Waals surface area (Å²) in [6.45, 7) is 2.00. The fourth-order valence-electron chi connectivity index (χ4n) is 1.56. The van der Waals surface area contributed by atoms with Gasteiger partial charge in [0.05, 0.1) is 11.3 Å². The van der Waals surface area contributed by atoms with Crippen molar-refractivity contribution in [2.24, 2.45) is 0 Å². The van der Waals surface area contributed by atoms with E-state index in [1.165, 1.54) is 11.8 Å². The van der Waals surface area contributed by atoms with Crippen LogP contribution < -0.4 is 0 Å². The van der Waals surface area contributed by atoms with Crippen LogP contribution in [-0.4, -0.2) is 21.8 Å². The summed E-state index contributed by atoms with van der Waals surface area (Å²) in [7, 11) is 0. The first-order chi connectivity index (χ1) is 7.68. The van der Waals surface area contributed by atoms with Crippen LogP contribution in [0.1, 0.15) is 5.56 Å². The number of thioether (sulfide) groups is 1. The third kappa shape index (κ3) is 2.17. The lowest BCUT2D eigenvalue weighted by Crippen LogP contribution is -1.97. The molecule has 0 atom stereocenters.